The molecule has 0 radical (unpaired) electrons. The van der Waals surface area contributed by atoms with Crippen LogP contribution in [-0.2, 0) is 0 Å². The van der Waals surface area contributed by atoms with Crippen LogP contribution in [0.5, 0.6) is 0 Å². The Morgan fingerprint density at radius 2 is 1.66 bits per heavy atom. The minimum absolute atomic E-state index is 0.219. The molecule has 32 heavy (non-hydrogen) atoms. The molecule has 1 fully saturated rings. The summed E-state index contributed by atoms with van der Waals surface area (Å²) in [5, 5.41) is 7.47. The smallest absolute Gasteiger partial charge is 0.321 e. The van der Waals surface area contributed by atoms with Crippen LogP contribution in [0.15, 0.2) is 53.1 Å². The van der Waals surface area contributed by atoms with E-state index in [0.717, 1.165) is 0 Å². The summed E-state index contributed by atoms with van der Waals surface area (Å²) in [6.07, 6.45) is 0.635. The molecule has 1 saturated heterocycles. The summed E-state index contributed by atoms with van der Waals surface area (Å²) in [5.41, 5.74) is 2.00. The fraction of sp³-hybridized carbons (Fsp3) is 0.261. The summed E-state index contributed by atoms with van der Waals surface area (Å²) in [7, 11) is 0. The third-order valence-electron chi connectivity index (χ3n) is 5.36. The van der Waals surface area contributed by atoms with Gasteiger partial charge in [-0.1, -0.05) is 16.8 Å². The number of hydrogen-bond acceptors (Lipinski definition) is 4. The molecule has 2 heterocycles. The highest BCUT2D eigenvalue weighted by Gasteiger charge is 2.28. The maximum atomic E-state index is 13.3. The van der Waals surface area contributed by atoms with Crippen molar-refractivity contribution in [2.24, 2.45) is 0 Å². The number of carbonyl (C=O) groups excluding carboxylic acids is 2. The first kappa shape index (κ1) is 21.8. The fourth-order valence-electron chi connectivity index (χ4n) is 3.65. The number of amides is 3. The van der Waals surface area contributed by atoms with Crippen molar-refractivity contribution in [2.45, 2.75) is 13.3 Å². The molecular weight excluding hydrogens is 435 g/mol. The summed E-state index contributed by atoms with van der Waals surface area (Å²) >= 11 is 5.89. The lowest BCUT2D eigenvalue weighted by Crippen LogP contribution is -2.39. The zero-order chi connectivity index (χ0) is 22.7. The Hall–Kier alpha value is -3.39. The van der Waals surface area contributed by atoms with Crippen LogP contribution >= 0.6 is 11.6 Å². The lowest BCUT2D eigenvalue weighted by molar-refractivity contribution is 0.0761. The maximum Gasteiger partial charge on any atom is 0.321 e. The van der Waals surface area contributed by atoms with Crippen molar-refractivity contribution in [3.63, 3.8) is 0 Å². The van der Waals surface area contributed by atoms with Crippen LogP contribution in [0.3, 0.4) is 0 Å². The third-order valence-corrected chi connectivity index (χ3v) is 5.61. The minimum Gasteiger partial charge on any atom is -0.360 e. The summed E-state index contributed by atoms with van der Waals surface area (Å²) in [6, 6.07) is 12.4. The molecule has 7 nitrogen and oxygen atoms in total. The zero-order valence-electron chi connectivity index (χ0n) is 17.5. The van der Waals surface area contributed by atoms with E-state index in [2.05, 4.69) is 10.5 Å². The van der Waals surface area contributed by atoms with Gasteiger partial charge in [0.2, 0.25) is 0 Å². The predicted molar refractivity (Wildman–Crippen MR) is 119 cm³/mol. The molecule has 0 saturated carbocycles. The highest BCUT2D eigenvalue weighted by atomic mass is 35.5. The average Bonchev–Trinajstić information content (AvgIpc) is 3.00. The Labute approximate surface area is 189 Å². The first-order chi connectivity index (χ1) is 15.4. The van der Waals surface area contributed by atoms with E-state index >= 15 is 0 Å². The normalized spacial score (nSPS) is 14.2. The standard InChI is InChI=1S/C23H22ClFN4O3/c1-15-20(21(27-32-15)16-3-7-18(25)8-4-16)22(30)28-11-2-12-29(14-13-28)23(31)26-19-9-5-17(24)6-10-19/h3-10H,2,11-14H2,1H3,(H,26,31). The van der Waals surface area contributed by atoms with Gasteiger partial charge >= 0.3 is 6.03 Å². The third kappa shape index (κ3) is 4.75. The van der Waals surface area contributed by atoms with Crippen LogP contribution in [0.1, 0.15) is 22.5 Å². The summed E-state index contributed by atoms with van der Waals surface area (Å²) in [6.45, 7) is 3.46. The maximum absolute atomic E-state index is 13.3. The monoisotopic (exact) mass is 456 g/mol. The number of benzene rings is 2. The fourth-order valence-corrected chi connectivity index (χ4v) is 3.77. The Morgan fingerprint density at radius 1 is 1.00 bits per heavy atom. The number of aryl methyl sites for hydroxylation is 1. The summed E-state index contributed by atoms with van der Waals surface area (Å²) in [4.78, 5) is 29.3. The van der Waals surface area contributed by atoms with Crippen LogP contribution in [0.2, 0.25) is 5.02 Å². The van der Waals surface area contributed by atoms with Crippen molar-refractivity contribution < 1.29 is 18.5 Å². The number of urea groups is 1. The van der Waals surface area contributed by atoms with Crippen molar-refractivity contribution in [1.82, 2.24) is 15.0 Å². The molecule has 3 amide bonds. The zero-order valence-corrected chi connectivity index (χ0v) is 18.2. The molecule has 0 aliphatic carbocycles. The van der Waals surface area contributed by atoms with Crippen LogP contribution < -0.4 is 5.32 Å². The number of rotatable bonds is 3. The Balaban J connectivity index is 1.45. The van der Waals surface area contributed by atoms with E-state index in [9.17, 15) is 14.0 Å². The second kappa shape index (κ2) is 9.40. The quantitative estimate of drug-likeness (QED) is 0.612. The second-order valence-corrected chi connectivity index (χ2v) is 7.98. The Morgan fingerprint density at radius 3 is 2.38 bits per heavy atom. The van der Waals surface area contributed by atoms with Crippen LogP contribution in [0.4, 0.5) is 14.9 Å². The Kier molecular flexibility index (Phi) is 6.41. The van der Waals surface area contributed by atoms with Crippen molar-refractivity contribution in [3.05, 3.63) is 70.7 Å². The number of hydrogen-bond donors (Lipinski definition) is 1. The number of carbonyl (C=O) groups is 2. The Bertz CT molecular complexity index is 1120. The first-order valence-electron chi connectivity index (χ1n) is 10.3. The minimum atomic E-state index is -0.369. The topological polar surface area (TPSA) is 78.7 Å². The van der Waals surface area contributed by atoms with E-state index in [0.29, 0.717) is 65.9 Å². The van der Waals surface area contributed by atoms with Gasteiger partial charge in [0.1, 0.15) is 22.8 Å². The molecule has 0 bridgehead atoms. The lowest BCUT2D eigenvalue weighted by atomic mass is 10.0. The van der Waals surface area contributed by atoms with E-state index in [1.54, 1.807) is 53.1 Å². The molecule has 3 aromatic rings. The van der Waals surface area contributed by atoms with Crippen molar-refractivity contribution in [1.29, 1.82) is 0 Å². The van der Waals surface area contributed by atoms with E-state index in [4.69, 9.17) is 16.1 Å². The molecule has 0 unspecified atom stereocenters. The SMILES string of the molecule is Cc1onc(-c2ccc(F)cc2)c1C(=O)N1CCCN(C(=O)Nc2ccc(Cl)cc2)CC1. The van der Waals surface area contributed by atoms with Gasteiger partial charge in [-0.05, 0) is 61.9 Å². The van der Waals surface area contributed by atoms with Crippen molar-refractivity contribution in [3.8, 4) is 11.3 Å². The van der Waals surface area contributed by atoms with E-state index < -0.39 is 0 Å². The van der Waals surface area contributed by atoms with Gasteiger partial charge in [0, 0.05) is 42.5 Å². The van der Waals surface area contributed by atoms with Crippen LogP contribution in [0.25, 0.3) is 11.3 Å². The van der Waals surface area contributed by atoms with Crippen LogP contribution in [0, 0.1) is 12.7 Å². The van der Waals surface area contributed by atoms with E-state index in [-0.39, 0.29) is 17.8 Å². The second-order valence-electron chi connectivity index (χ2n) is 7.54. The van der Waals surface area contributed by atoms with Gasteiger partial charge in [-0.3, -0.25) is 4.79 Å². The average molecular weight is 457 g/mol. The van der Waals surface area contributed by atoms with Gasteiger partial charge in [0.05, 0.1) is 0 Å². The lowest BCUT2D eigenvalue weighted by Gasteiger charge is -2.22. The molecule has 2 aromatic carbocycles. The molecule has 1 aromatic heterocycles. The molecule has 1 aliphatic heterocycles. The molecule has 9 heteroatoms. The van der Waals surface area contributed by atoms with Crippen molar-refractivity contribution in [2.75, 3.05) is 31.5 Å². The predicted octanol–water partition coefficient (Wildman–Crippen LogP) is 4.82. The largest absolute Gasteiger partial charge is 0.360 e. The summed E-state index contributed by atoms with van der Waals surface area (Å²) < 4.78 is 18.6. The molecule has 4 rings (SSSR count). The van der Waals surface area contributed by atoms with Gasteiger partial charge in [-0.15, -0.1) is 0 Å². The number of aromatic nitrogens is 1. The first-order valence-corrected chi connectivity index (χ1v) is 10.6. The van der Waals surface area contributed by atoms with Crippen molar-refractivity contribution >= 4 is 29.2 Å². The molecule has 1 aliphatic rings. The van der Waals surface area contributed by atoms with Gasteiger partial charge in [0.15, 0.2) is 0 Å². The van der Waals surface area contributed by atoms with Gasteiger partial charge in [-0.2, -0.15) is 0 Å². The van der Waals surface area contributed by atoms with Gasteiger partial charge in [0.25, 0.3) is 5.91 Å². The molecule has 1 N–H and O–H groups in total. The number of halogens is 2. The van der Waals surface area contributed by atoms with Gasteiger partial charge in [-0.25, -0.2) is 9.18 Å². The van der Waals surface area contributed by atoms with E-state index in [1.807, 2.05) is 0 Å². The number of nitrogens with one attached hydrogen (secondary N) is 1. The van der Waals surface area contributed by atoms with Crippen LogP contribution in [-0.4, -0.2) is 53.1 Å². The molecular formula is C23H22ClFN4O3. The molecule has 0 spiro atoms. The molecule has 0 atom stereocenters. The molecule has 166 valence electrons. The van der Waals surface area contributed by atoms with E-state index in [1.165, 1.54) is 12.1 Å². The number of anilines is 1. The highest BCUT2D eigenvalue weighted by molar-refractivity contribution is 6.30. The summed E-state index contributed by atoms with van der Waals surface area (Å²) in [5.74, 6) is -0.190. The highest BCUT2D eigenvalue weighted by Crippen LogP contribution is 2.27. The number of nitrogens with zero attached hydrogens (tertiary/aromatic N) is 3. The van der Waals surface area contributed by atoms with Gasteiger partial charge < -0.3 is 19.6 Å².